The molecule has 7 heteroatoms. The molecule has 1 N–H and O–H groups in total. The zero-order valence-corrected chi connectivity index (χ0v) is 13.0. The summed E-state index contributed by atoms with van der Waals surface area (Å²) in [5.41, 5.74) is 1.28. The lowest BCUT2D eigenvalue weighted by atomic mass is 10.2. The molecule has 0 spiro atoms. The lowest BCUT2D eigenvalue weighted by Gasteiger charge is -2.06. The van der Waals surface area contributed by atoms with Crippen LogP contribution in [0.15, 0.2) is 42.0 Å². The predicted octanol–water partition coefficient (Wildman–Crippen LogP) is 3.10. The Hall–Kier alpha value is -2.54. The summed E-state index contributed by atoms with van der Waals surface area (Å²) in [5, 5.41) is 13.3. The number of amides is 1. The fourth-order valence-electron chi connectivity index (χ4n) is 1.92. The van der Waals surface area contributed by atoms with Crippen LogP contribution in [-0.2, 0) is 0 Å². The van der Waals surface area contributed by atoms with Gasteiger partial charge in [-0.2, -0.15) is 0 Å². The average molecular weight is 313 g/mol. The van der Waals surface area contributed by atoms with Crippen LogP contribution in [0.5, 0.6) is 0 Å². The maximum Gasteiger partial charge on any atom is 0.277 e. The molecule has 112 valence electrons. The van der Waals surface area contributed by atoms with Crippen molar-refractivity contribution < 1.29 is 4.79 Å². The van der Waals surface area contributed by atoms with Crippen LogP contribution in [0.1, 0.15) is 35.3 Å². The molecular formula is C15H15N5OS. The van der Waals surface area contributed by atoms with Gasteiger partial charge in [-0.25, -0.2) is 4.98 Å². The number of thiazole rings is 1. The van der Waals surface area contributed by atoms with Gasteiger partial charge in [-0.15, -0.1) is 21.5 Å². The number of nitrogens with zero attached hydrogens (tertiary/aromatic N) is 4. The highest BCUT2D eigenvalue weighted by atomic mass is 32.1. The molecule has 3 aromatic rings. The summed E-state index contributed by atoms with van der Waals surface area (Å²) in [6.45, 7) is 4.10. The van der Waals surface area contributed by atoms with Gasteiger partial charge >= 0.3 is 0 Å². The van der Waals surface area contributed by atoms with Crippen molar-refractivity contribution in [3.63, 3.8) is 0 Å². The number of carbonyl (C=O) groups excluding carboxylic acids is 1. The number of nitrogens with one attached hydrogen (secondary N) is 1. The molecule has 0 unspecified atom stereocenters. The third-order valence-corrected chi connectivity index (χ3v) is 4.20. The van der Waals surface area contributed by atoms with Crippen molar-refractivity contribution in [3.05, 3.63) is 52.7 Å². The van der Waals surface area contributed by atoms with Crippen LogP contribution in [-0.4, -0.2) is 25.7 Å². The Labute approximate surface area is 131 Å². The molecule has 0 fully saturated rings. The molecule has 0 aliphatic carbocycles. The number of hydrogen-bond donors (Lipinski definition) is 1. The molecule has 0 aliphatic heterocycles. The summed E-state index contributed by atoms with van der Waals surface area (Å²) in [5.74, 6) is 0.392. The van der Waals surface area contributed by atoms with Crippen molar-refractivity contribution in [2.75, 3.05) is 5.32 Å². The summed E-state index contributed by atoms with van der Waals surface area (Å²) in [6.07, 6.45) is 1.56. The first kappa shape index (κ1) is 14.4. The molecule has 0 bridgehead atoms. The van der Waals surface area contributed by atoms with E-state index in [1.54, 1.807) is 16.3 Å². The molecular weight excluding hydrogens is 298 g/mol. The summed E-state index contributed by atoms with van der Waals surface area (Å²) in [6, 6.07) is 9.58. The van der Waals surface area contributed by atoms with Crippen molar-refractivity contribution >= 4 is 23.2 Å². The van der Waals surface area contributed by atoms with Crippen molar-refractivity contribution in [2.45, 2.75) is 19.8 Å². The lowest BCUT2D eigenvalue weighted by molar-refractivity contribution is 0.102. The van der Waals surface area contributed by atoms with Crippen LogP contribution in [0.25, 0.3) is 5.69 Å². The summed E-state index contributed by atoms with van der Waals surface area (Å²) in [7, 11) is 0. The number of rotatable bonds is 4. The largest absolute Gasteiger partial charge is 0.289 e. The minimum absolute atomic E-state index is 0.284. The van der Waals surface area contributed by atoms with E-state index < -0.39 is 0 Å². The van der Waals surface area contributed by atoms with Gasteiger partial charge in [0.05, 0.1) is 10.7 Å². The van der Waals surface area contributed by atoms with Crippen LogP contribution < -0.4 is 5.32 Å². The zero-order chi connectivity index (χ0) is 15.5. The molecule has 6 nitrogen and oxygen atoms in total. The highest BCUT2D eigenvalue weighted by Gasteiger charge is 2.15. The van der Waals surface area contributed by atoms with E-state index in [4.69, 9.17) is 0 Å². The van der Waals surface area contributed by atoms with E-state index in [9.17, 15) is 4.79 Å². The summed E-state index contributed by atoms with van der Waals surface area (Å²) >= 11 is 1.48. The maximum absolute atomic E-state index is 12.3. The maximum atomic E-state index is 12.3. The molecule has 0 saturated heterocycles. The summed E-state index contributed by atoms with van der Waals surface area (Å²) in [4.78, 5) is 16.6. The Kier molecular flexibility index (Phi) is 3.97. The molecule has 0 atom stereocenters. The van der Waals surface area contributed by atoms with Crippen molar-refractivity contribution in [1.29, 1.82) is 0 Å². The van der Waals surface area contributed by atoms with Crippen molar-refractivity contribution in [3.8, 4) is 5.69 Å². The molecule has 1 aromatic carbocycles. The first-order valence-corrected chi connectivity index (χ1v) is 7.75. The number of para-hydroxylation sites is 1. The van der Waals surface area contributed by atoms with Crippen molar-refractivity contribution in [2.24, 2.45) is 0 Å². The standard InChI is InChI=1S/C15H15N5OS/c1-10(2)14-17-12(8-22-14)13(21)18-15-19-16-9-20(15)11-6-4-3-5-7-11/h3-10H,1-2H3,(H,18,19,21). The second-order valence-corrected chi connectivity index (χ2v) is 5.93. The third kappa shape index (κ3) is 2.89. The number of benzene rings is 1. The molecule has 2 aromatic heterocycles. The van der Waals surface area contributed by atoms with Crippen LogP contribution in [0.3, 0.4) is 0 Å². The minimum Gasteiger partial charge on any atom is -0.289 e. The first-order chi connectivity index (χ1) is 10.6. The molecule has 2 heterocycles. The number of hydrogen-bond acceptors (Lipinski definition) is 5. The number of aromatic nitrogens is 4. The minimum atomic E-state index is -0.284. The Morgan fingerprint density at radius 3 is 2.73 bits per heavy atom. The molecule has 0 saturated carbocycles. The fourth-order valence-corrected chi connectivity index (χ4v) is 2.74. The fraction of sp³-hybridized carbons (Fsp3) is 0.200. The molecule has 1 amide bonds. The van der Waals surface area contributed by atoms with Gasteiger partial charge in [0.1, 0.15) is 12.0 Å². The van der Waals surface area contributed by atoms with Gasteiger partial charge in [-0.3, -0.25) is 14.7 Å². The highest BCUT2D eigenvalue weighted by molar-refractivity contribution is 7.09. The second kappa shape index (κ2) is 6.07. The Morgan fingerprint density at radius 2 is 2.05 bits per heavy atom. The van der Waals surface area contributed by atoms with Gasteiger partial charge in [-0.1, -0.05) is 32.0 Å². The summed E-state index contributed by atoms with van der Waals surface area (Å²) < 4.78 is 1.72. The third-order valence-electron chi connectivity index (χ3n) is 3.06. The van der Waals surface area contributed by atoms with E-state index in [2.05, 4.69) is 20.5 Å². The number of carbonyl (C=O) groups is 1. The van der Waals surface area contributed by atoms with Gasteiger partial charge < -0.3 is 0 Å². The SMILES string of the molecule is CC(C)c1nc(C(=O)Nc2nncn2-c2ccccc2)cs1. The van der Waals surface area contributed by atoms with Gasteiger partial charge in [0, 0.05) is 11.3 Å². The predicted molar refractivity (Wildman–Crippen MR) is 85.5 cm³/mol. The zero-order valence-electron chi connectivity index (χ0n) is 12.2. The van der Waals surface area contributed by atoms with Gasteiger partial charge in [0.25, 0.3) is 5.91 Å². The van der Waals surface area contributed by atoms with Crippen LogP contribution in [0.4, 0.5) is 5.95 Å². The van der Waals surface area contributed by atoms with E-state index in [0.717, 1.165) is 10.7 Å². The quantitative estimate of drug-likeness (QED) is 0.803. The Morgan fingerprint density at radius 1 is 1.27 bits per heavy atom. The number of anilines is 1. The van der Waals surface area contributed by atoms with E-state index in [1.807, 2.05) is 44.2 Å². The van der Waals surface area contributed by atoms with Crippen LogP contribution >= 0.6 is 11.3 Å². The van der Waals surface area contributed by atoms with Crippen LogP contribution in [0, 0.1) is 0 Å². The smallest absolute Gasteiger partial charge is 0.277 e. The molecule has 0 radical (unpaired) electrons. The van der Waals surface area contributed by atoms with E-state index in [1.165, 1.54) is 11.3 Å². The average Bonchev–Trinajstić information content (AvgIpc) is 3.17. The van der Waals surface area contributed by atoms with E-state index in [-0.39, 0.29) is 5.91 Å². The normalized spacial score (nSPS) is 10.9. The second-order valence-electron chi connectivity index (χ2n) is 5.04. The highest BCUT2D eigenvalue weighted by Crippen LogP contribution is 2.20. The van der Waals surface area contributed by atoms with E-state index >= 15 is 0 Å². The van der Waals surface area contributed by atoms with Gasteiger partial charge in [-0.05, 0) is 12.1 Å². The first-order valence-electron chi connectivity index (χ1n) is 6.87. The van der Waals surface area contributed by atoms with E-state index in [0.29, 0.717) is 17.6 Å². The molecule has 22 heavy (non-hydrogen) atoms. The topological polar surface area (TPSA) is 72.7 Å². The molecule has 0 aliphatic rings. The lowest BCUT2D eigenvalue weighted by Crippen LogP contribution is -2.16. The van der Waals surface area contributed by atoms with Crippen LogP contribution in [0.2, 0.25) is 0 Å². The van der Waals surface area contributed by atoms with Crippen molar-refractivity contribution in [1.82, 2.24) is 19.7 Å². The molecule has 3 rings (SSSR count). The van der Waals surface area contributed by atoms with Gasteiger partial charge in [0.2, 0.25) is 5.95 Å². The monoisotopic (exact) mass is 313 g/mol. The van der Waals surface area contributed by atoms with Gasteiger partial charge in [0.15, 0.2) is 0 Å². The Balaban J connectivity index is 1.82. The Bertz CT molecular complexity index is 778.